The highest BCUT2D eigenvalue weighted by Crippen LogP contribution is 2.43. The molecule has 1 saturated heterocycles. The molecule has 1 saturated carbocycles. The van der Waals surface area contributed by atoms with Crippen molar-refractivity contribution in [3.05, 3.63) is 42.2 Å². The fraction of sp³-hybridized carbons (Fsp3) is 0.500. The van der Waals surface area contributed by atoms with Crippen LogP contribution in [0.5, 0.6) is 11.5 Å². The van der Waals surface area contributed by atoms with Crippen molar-refractivity contribution in [3.63, 3.8) is 0 Å². The molecule has 0 unspecified atom stereocenters. The van der Waals surface area contributed by atoms with Crippen molar-refractivity contribution < 1.29 is 9.47 Å². The first-order valence-electron chi connectivity index (χ1n) is 9.28. The summed E-state index contributed by atoms with van der Waals surface area (Å²) in [7, 11) is 3.51. The van der Waals surface area contributed by atoms with E-state index in [4.69, 9.17) is 9.47 Å². The SMILES string of the molecule is CNc1ncc(CN2[C@H]3CC[C@@H](C3)[C@@H]2COc2cccc(OC)c2)cn1. The summed E-state index contributed by atoms with van der Waals surface area (Å²) in [5, 5.41) is 2.97. The first-order chi connectivity index (χ1) is 12.8. The van der Waals surface area contributed by atoms with Crippen molar-refractivity contribution in [2.75, 3.05) is 26.1 Å². The van der Waals surface area contributed by atoms with Gasteiger partial charge in [-0.05, 0) is 37.3 Å². The van der Waals surface area contributed by atoms with Gasteiger partial charge in [0.15, 0.2) is 0 Å². The Labute approximate surface area is 154 Å². The zero-order chi connectivity index (χ0) is 17.9. The van der Waals surface area contributed by atoms with E-state index < -0.39 is 0 Å². The molecule has 2 aromatic rings. The molecule has 2 bridgehead atoms. The van der Waals surface area contributed by atoms with E-state index in [1.54, 1.807) is 7.11 Å². The fourth-order valence-corrected chi connectivity index (χ4v) is 4.31. The summed E-state index contributed by atoms with van der Waals surface area (Å²) in [5.41, 5.74) is 1.16. The topological polar surface area (TPSA) is 59.5 Å². The molecule has 26 heavy (non-hydrogen) atoms. The second-order valence-electron chi connectivity index (χ2n) is 7.12. The third kappa shape index (κ3) is 3.46. The van der Waals surface area contributed by atoms with Crippen LogP contribution in [0.2, 0.25) is 0 Å². The quantitative estimate of drug-likeness (QED) is 0.825. The number of aromatic nitrogens is 2. The minimum Gasteiger partial charge on any atom is -0.497 e. The Hall–Kier alpha value is -2.34. The minimum atomic E-state index is 0.448. The van der Waals surface area contributed by atoms with Gasteiger partial charge in [0.05, 0.1) is 7.11 Å². The van der Waals surface area contributed by atoms with E-state index >= 15 is 0 Å². The van der Waals surface area contributed by atoms with E-state index in [-0.39, 0.29) is 0 Å². The highest BCUT2D eigenvalue weighted by Gasteiger charge is 2.45. The Morgan fingerprint density at radius 2 is 2.00 bits per heavy atom. The second kappa shape index (κ2) is 7.50. The molecule has 1 aliphatic carbocycles. The van der Waals surface area contributed by atoms with Crippen LogP contribution >= 0.6 is 0 Å². The van der Waals surface area contributed by atoms with Crippen LogP contribution in [0.15, 0.2) is 36.7 Å². The number of piperidine rings is 1. The first kappa shape index (κ1) is 17.1. The highest BCUT2D eigenvalue weighted by molar-refractivity contribution is 5.33. The summed E-state index contributed by atoms with van der Waals surface area (Å²) in [6, 6.07) is 8.94. The molecule has 2 aliphatic rings. The summed E-state index contributed by atoms with van der Waals surface area (Å²) < 4.78 is 11.4. The molecule has 1 aromatic heterocycles. The number of hydrogen-bond donors (Lipinski definition) is 1. The Balaban J connectivity index is 1.43. The zero-order valence-electron chi connectivity index (χ0n) is 15.4. The molecule has 4 rings (SSSR count). The Kier molecular flexibility index (Phi) is 4.93. The maximum atomic E-state index is 6.13. The second-order valence-corrected chi connectivity index (χ2v) is 7.12. The molecule has 1 N–H and O–H groups in total. The third-order valence-electron chi connectivity index (χ3n) is 5.64. The number of nitrogens with zero attached hydrogens (tertiary/aromatic N) is 3. The standard InChI is InChI=1S/C20H26N4O2/c1-21-20-22-10-14(11-23-20)12-24-16-7-6-15(8-16)19(24)13-26-18-5-3-4-17(9-18)25-2/h3-5,9-11,15-16,19H,6-8,12-13H2,1-2H3,(H,21,22,23)/t15-,16-,19-/m0/s1. The number of ether oxygens (including phenoxy) is 2. The van der Waals surface area contributed by atoms with Crippen molar-refractivity contribution in [3.8, 4) is 11.5 Å². The maximum absolute atomic E-state index is 6.13. The molecule has 138 valence electrons. The van der Waals surface area contributed by atoms with Crippen molar-refractivity contribution in [2.45, 2.75) is 37.9 Å². The predicted octanol–water partition coefficient (Wildman–Crippen LogP) is 2.96. The van der Waals surface area contributed by atoms with E-state index in [9.17, 15) is 0 Å². The monoisotopic (exact) mass is 354 g/mol. The maximum Gasteiger partial charge on any atom is 0.222 e. The Bertz CT molecular complexity index is 737. The predicted molar refractivity (Wildman–Crippen MR) is 101 cm³/mol. The minimum absolute atomic E-state index is 0.448. The molecule has 1 aromatic carbocycles. The summed E-state index contributed by atoms with van der Waals surface area (Å²) in [4.78, 5) is 11.3. The lowest BCUT2D eigenvalue weighted by atomic mass is 9.99. The summed E-state index contributed by atoms with van der Waals surface area (Å²) in [5.74, 6) is 3.08. The van der Waals surface area contributed by atoms with E-state index in [0.717, 1.165) is 29.5 Å². The normalized spacial score (nSPS) is 24.6. The molecule has 6 nitrogen and oxygen atoms in total. The van der Waals surface area contributed by atoms with Crippen LogP contribution in [-0.4, -0.2) is 47.7 Å². The Morgan fingerprint density at radius 3 is 2.77 bits per heavy atom. The molecular weight excluding hydrogens is 328 g/mol. The van der Waals surface area contributed by atoms with Gasteiger partial charge in [-0.1, -0.05) is 6.07 Å². The molecule has 0 amide bonds. The van der Waals surface area contributed by atoms with Gasteiger partial charge in [-0.25, -0.2) is 9.97 Å². The highest BCUT2D eigenvalue weighted by atomic mass is 16.5. The van der Waals surface area contributed by atoms with Crippen LogP contribution < -0.4 is 14.8 Å². The van der Waals surface area contributed by atoms with E-state index in [0.29, 0.717) is 24.6 Å². The molecule has 3 atom stereocenters. The van der Waals surface area contributed by atoms with E-state index in [1.165, 1.54) is 19.3 Å². The largest absolute Gasteiger partial charge is 0.497 e. The lowest BCUT2D eigenvalue weighted by molar-refractivity contribution is 0.0865. The van der Waals surface area contributed by atoms with Gasteiger partial charge in [-0.2, -0.15) is 0 Å². The summed E-state index contributed by atoms with van der Waals surface area (Å²) >= 11 is 0. The van der Waals surface area contributed by atoms with E-state index in [2.05, 4.69) is 20.2 Å². The van der Waals surface area contributed by atoms with Crippen molar-refractivity contribution >= 4 is 5.95 Å². The molecule has 0 radical (unpaired) electrons. The van der Waals surface area contributed by atoms with Gasteiger partial charge in [0, 0.05) is 49.7 Å². The molecule has 1 aliphatic heterocycles. The van der Waals surface area contributed by atoms with Crippen LogP contribution in [0.1, 0.15) is 24.8 Å². The summed E-state index contributed by atoms with van der Waals surface area (Å²) in [6.45, 7) is 1.60. The number of anilines is 1. The molecular formula is C20H26N4O2. The number of hydrogen-bond acceptors (Lipinski definition) is 6. The molecule has 0 spiro atoms. The van der Waals surface area contributed by atoms with Gasteiger partial charge in [0.2, 0.25) is 5.95 Å². The number of fused-ring (bicyclic) bond motifs is 2. The van der Waals surface area contributed by atoms with Gasteiger partial charge in [0.25, 0.3) is 0 Å². The molecule has 6 heteroatoms. The Morgan fingerprint density at radius 1 is 1.19 bits per heavy atom. The average molecular weight is 354 g/mol. The lowest BCUT2D eigenvalue weighted by Gasteiger charge is -2.35. The van der Waals surface area contributed by atoms with Gasteiger partial charge in [-0.3, -0.25) is 4.90 Å². The van der Waals surface area contributed by atoms with Gasteiger partial charge < -0.3 is 14.8 Å². The van der Waals surface area contributed by atoms with Crippen molar-refractivity contribution in [1.29, 1.82) is 0 Å². The molecule has 2 heterocycles. The fourth-order valence-electron chi connectivity index (χ4n) is 4.31. The van der Waals surface area contributed by atoms with Gasteiger partial charge in [0.1, 0.15) is 18.1 Å². The average Bonchev–Trinajstić information content (AvgIpc) is 3.29. The van der Waals surface area contributed by atoms with Crippen molar-refractivity contribution in [2.24, 2.45) is 5.92 Å². The van der Waals surface area contributed by atoms with Crippen molar-refractivity contribution in [1.82, 2.24) is 14.9 Å². The number of likely N-dealkylation sites (tertiary alicyclic amines) is 1. The number of methoxy groups -OCH3 is 1. The third-order valence-corrected chi connectivity index (χ3v) is 5.64. The van der Waals surface area contributed by atoms with E-state index in [1.807, 2.05) is 43.7 Å². The number of rotatable bonds is 7. The first-order valence-corrected chi connectivity index (χ1v) is 9.28. The van der Waals surface area contributed by atoms with Crippen LogP contribution in [0.25, 0.3) is 0 Å². The van der Waals surface area contributed by atoms with Gasteiger partial charge in [-0.15, -0.1) is 0 Å². The van der Waals surface area contributed by atoms with Crippen LogP contribution in [0, 0.1) is 5.92 Å². The van der Waals surface area contributed by atoms with Crippen LogP contribution in [0.3, 0.4) is 0 Å². The smallest absolute Gasteiger partial charge is 0.222 e. The number of nitrogens with one attached hydrogen (secondary N) is 1. The van der Waals surface area contributed by atoms with Crippen LogP contribution in [-0.2, 0) is 6.54 Å². The summed E-state index contributed by atoms with van der Waals surface area (Å²) in [6.07, 6.45) is 7.72. The zero-order valence-corrected chi connectivity index (χ0v) is 15.4. The lowest BCUT2D eigenvalue weighted by Crippen LogP contribution is -2.43. The molecule has 2 fully saturated rings. The number of benzene rings is 1. The van der Waals surface area contributed by atoms with Crippen LogP contribution in [0.4, 0.5) is 5.95 Å². The van der Waals surface area contributed by atoms with Gasteiger partial charge >= 0.3 is 0 Å².